The van der Waals surface area contributed by atoms with Gasteiger partial charge >= 0.3 is 6.18 Å². The van der Waals surface area contributed by atoms with Crippen LogP contribution in [0.3, 0.4) is 0 Å². The van der Waals surface area contributed by atoms with E-state index in [1.165, 1.54) is 31.4 Å². The molecule has 1 heterocycles. The molecule has 8 heteroatoms. The summed E-state index contributed by atoms with van der Waals surface area (Å²) in [4.78, 5) is 26.9. The Balaban J connectivity index is 1.89. The van der Waals surface area contributed by atoms with Gasteiger partial charge < -0.3 is 9.72 Å². The van der Waals surface area contributed by atoms with Gasteiger partial charge in [-0.2, -0.15) is 13.2 Å². The Morgan fingerprint density at radius 3 is 2.29 bits per heavy atom. The molecule has 0 fully saturated rings. The van der Waals surface area contributed by atoms with Crippen LogP contribution in [-0.4, -0.2) is 17.9 Å². The zero-order valence-electron chi connectivity index (χ0n) is 14.5. The quantitative estimate of drug-likeness (QED) is 0.679. The third-order valence-corrected chi connectivity index (χ3v) is 4.82. The number of methoxy groups -OCH3 is 1. The second-order valence-corrected chi connectivity index (χ2v) is 6.87. The number of aromatic amines is 1. The Morgan fingerprint density at radius 2 is 1.71 bits per heavy atom. The second-order valence-electron chi connectivity index (χ2n) is 5.79. The fourth-order valence-electron chi connectivity index (χ4n) is 2.40. The number of aromatic nitrogens is 1. The van der Waals surface area contributed by atoms with E-state index in [1.807, 2.05) is 0 Å². The number of rotatable bonds is 4. The SMILES string of the molecule is COc1ccc(C(=O)/C=c2\[nH]c(=O)/c(=C\c3ccc(C(F)(F)F)cc3)s2)cc1. The number of carbonyl (C=O) groups excluding carboxylic acids is 1. The highest BCUT2D eigenvalue weighted by Gasteiger charge is 2.29. The summed E-state index contributed by atoms with van der Waals surface area (Å²) >= 11 is 1.05. The van der Waals surface area contributed by atoms with Crippen LogP contribution >= 0.6 is 11.3 Å². The maximum Gasteiger partial charge on any atom is 0.416 e. The van der Waals surface area contributed by atoms with Crippen molar-refractivity contribution in [2.45, 2.75) is 6.18 Å². The number of ketones is 1. The van der Waals surface area contributed by atoms with Crippen molar-refractivity contribution in [2.75, 3.05) is 7.11 Å². The Hall–Kier alpha value is -3.13. The van der Waals surface area contributed by atoms with Crippen LogP contribution in [0.1, 0.15) is 21.5 Å². The molecule has 0 saturated heterocycles. The minimum absolute atomic E-state index is 0.286. The average molecular weight is 405 g/mol. The molecule has 0 unspecified atom stereocenters. The third-order valence-electron chi connectivity index (χ3n) is 3.85. The molecule has 0 aliphatic heterocycles. The maximum atomic E-state index is 12.6. The van der Waals surface area contributed by atoms with Crippen LogP contribution in [0.5, 0.6) is 5.75 Å². The summed E-state index contributed by atoms with van der Waals surface area (Å²) in [6.07, 6.45) is -1.64. The zero-order valence-corrected chi connectivity index (χ0v) is 15.4. The molecule has 0 aliphatic carbocycles. The van der Waals surface area contributed by atoms with Crippen molar-refractivity contribution in [3.05, 3.63) is 84.8 Å². The number of halogens is 3. The van der Waals surface area contributed by atoms with E-state index in [4.69, 9.17) is 4.74 Å². The molecule has 28 heavy (non-hydrogen) atoms. The van der Waals surface area contributed by atoms with Crippen LogP contribution in [0, 0.1) is 0 Å². The van der Waals surface area contributed by atoms with E-state index in [9.17, 15) is 22.8 Å². The normalized spacial score (nSPS) is 13.0. The van der Waals surface area contributed by atoms with E-state index in [-0.39, 0.29) is 10.3 Å². The Kier molecular flexibility index (Phi) is 5.51. The average Bonchev–Trinajstić information content (AvgIpc) is 3.00. The Morgan fingerprint density at radius 1 is 1.07 bits per heavy atom. The predicted octanol–water partition coefficient (Wildman–Crippen LogP) is 2.96. The van der Waals surface area contributed by atoms with Crippen molar-refractivity contribution < 1.29 is 22.7 Å². The van der Waals surface area contributed by atoms with E-state index in [1.54, 1.807) is 24.3 Å². The topological polar surface area (TPSA) is 59.2 Å². The number of hydrogen-bond acceptors (Lipinski definition) is 4. The van der Waals surface area contributed by atoms with Gasteiger partial charge in [0.25, 0.3) is 5.56 Å². The predicted molar refractivity (Wildman–Crippen MR) is 101 cm³/mol. The van der Waals surface area contributed by atoms with Crippen molar-refractivity contribution in [3.63, 3.8) is 0 Å². The fourth-order valence-corrected chi connectivity index (χ4v) is 3.29. The van der Waals surface area contributed by atoms with Gasteiger partial charge in [0.2, 0.25) is 0 Å². The highest BCUT2D eigenvalue weighted by atomic mass is 32.1. The standard InChI is InChI=1S/C20H14F3NO3S/c1-27-15-8-4-13(5-9-15)16(25)11-18-24-19(26)17(28-18)10-12-2-6-14(7-3-12)20(21,22)23/h2-11H,1H3,(H,24,26)/b17-10+,18-11+. The van der Waals surface area contributed by atoms with Crippen LogP contribution in [-0.2, 0) is 6.18 Å². The van der Waals surface area contributed by atoms with E-state index < -0.39 is 17.3 Å². The summed E-state index contributed by atoms with van der Waals surface area (Å²) in [5.74, 6) is 0.329. The van der Waals surface area contributed by atoms with Crippen LogP contribution < -0.4 is 19.5 Å². The molecular formula is C20H14F3NO3S. The molecule has 0 saturated carbocycles. The van der Waals surface area contributed by atoms with Crippen molar-refractivity contribution in [1.29, 1.82) is 0 Å². The highest BCUT2D eigenvalue weighted by Crippen LogP contribution is 2.29. The van der Waals surface area contributed by atoms with Gasteiger partial charge in [0.05, 0.1) is 21.9 Å². The van der Waals surface area contributed by atoms with Crippen molar-refractivity contribution in [1.82, 2.24) is 4.98 Å². The maximum absolute atomic E-state index is 12.6. The first-order chi connectivity index (χ1) is 13.3. The number of hydrogen-bond donors (Lipinski definition) is 1. The van der Waals surface area contributed by atoms with Crippen LogP contribution in [0.4, 0.5) is 13.2 Å². The molecule has 4 nitrogen and oxygen atoms in total. The molecule has 144 valence electrons. The van der Waals surface area contributed by atoms with Crippen LogP contribution in [0.25, 0.3) is 12.2 Å². The second kappa shape index (κ2) is 7.85. The largest absolute Gasteiger partial charge is 0.497 e. The number of Topliss-reactive ketones (excluding diaryl/α,β-unsaturated/α-hetero) is 1. The van der Waals surface area contributed by atoms with E-state index in [0.29, 0.717) is 21.5 Å². The van der Waals surface area contributed by atoms with Gasteiger partial charge in [-0.1, -0.05) is 12.1 Å². The third kappa shape index (κ3) is 4.58. The summed E-state index contributed by atoms with van der Waals surface area (Å²) in [5.41, 5.74) is -0.292. The molecule has 0 radical (unpaired) electrons. The Labute approximate surface area is 161 Å². The molecular weight excluding hydrogens is 391 g/mol. The fraction of sp³-hybridized carbons (Fsp3) is 0.100. The summed E-state index contributed by atoms with van der Waals surface area (Å²) in [6.45, 7) is 0. The molecule has 3 aromatic rings. The molecule has 0 amide bonds. The molecule has 1 aromatic heterocycles. The number of carbonyl (C=O) groups is 1. The van der Waals surface area contributed by atoms with Crippen molar-refractivity contribution in [2.24, 2.45) is 0 Å². The number of H-pyrrole nitrogens is 1. The van der Waals surface area contributed by atoms with Gasteiger partial charge in [0.15, 0.2) is 5.78 Å². The molecule has 0 aliphatic rings. The molecule has 1 N–H and O–H groups in total. The Bertz CT molecular complexity index is 1160. The number of ether oxygens (including phenoxy) is 1. The summed E-state index contributed by atoms with van der Waals surface area (Å²) in [7, 11) is 1.52. The smallest absolute Gasteiger partial charge is 0.416 e. The van der Waals surface area contributed by atoms with Gasteiger partial charge in [0, 0.05) is 11.6 Å². The van der Waals surface area contributed by atoms with E-state index in [0.717, 1.165) is 23.5 Å². The number of alkyl halides is 3. The lowest BCUT2D eigenvalue weighted by molar-refractivity contribution is -0.137. The minimum atomic E-state index is -4.41. The minimum Gasteiger partial charge on any atom is -0.497 e. The summed E-state index contributed by atoms with van der Waals surface area (Å²) in [6, 6.07) is 11.0. The van der Waals surface area contributed by atoms with Crippen molar-refractivity contribution in [3.8, 4) is 5.75 Å². The first-order valence-corrected chi connectivity index (χ1v) is 8.86. The molecule has 0 bridgehead atoms. The lowest BCUT2D eigenvalue weighted by Gasteiger charge is -2.05. The zero-order chi connectivity index (χ0) is 20.3. The summed E-state index contributed by atoms with van der Waals surface area (Å²) in [5, 5.41) is 0. The lowest BCUT2D eigenvalue weighted by atomic mass is 10.1. The van der Waals surface area contributed by atoms with Crippen molar-refractivity contribution >= 4 is 29.3 Å². The van der Waals surface area contributed by atoms with Gasteiger partial charge in [-0.25, -0.2) is 0 Å². The van der Waals surface area contributed by atoms with Crippen LogP contribution in [0.2, 0.25) is 0 Å². The van der Waals surface area contributed by atoms with Gasteiger partial charge in [0.1, 0.15) is 5.75 Å². The van der Waals surface area contributed by atoms with Gasteiger partial charge in [-0.05, 0) is 48.0 Å². The lowest BCUT2D eigenvalue weighted by Crippen LogP contribution is -2.20. The highest BCUT2D eigenvalue weighted by molar-refractivity contribution is 7.07. The number of thiazole rings is 1. The molecule has 2 aromatic carbocycles. The van der Waals surface area contributed by atoms with Gasteiger partial charge in [-0.15, -0.1) is 11.3 Å². The van der Waals surface area contributed by atoms with Gasteiger partial charge in [-0.3, -0.25) is 9.59 Å². The molecule has 0 spiro atoms. The first kappa shape index (κ1) is 19.6. The first-order valence-electron chi connectivity index (χ1n) is 8.04. The monoisotopic (exact) mass is 405 g/mol. The van der Waals surface area contributed by atoms with Crippen LogP contribution in [0.15, 0.2) is 53.3 Å². The van der Waals surface area contributed by atoms with E-state index >= 15 is 0 Å². The molecule has 0 atom stereocenters. The molecule has 3 rings (SSSR count). The van der Waals surface area contributed by atoms with E-state index in [2.05, 4.69) is 4.98 Å². The number of nitrogens with one attached hydrogen (secondary N) is 1. The number of benzene rings is 2. The summed E-state index contributed by atoms with van der Waals surface area (Å²) < 4.78 is 43.5.